The fourth-order valence-corrected chi connectivity index (χ4v) is 6.12. The molecule has 11 nitrogen and oxygen atoms in total. The Morgan fingerprint density at radius 3 is 2.18 bits per heavy atom. The van der Waals surface area contributed by atoms with E-state index in [0.717, 1.165) is 32.4 Å². The molecule has 1 aliphatic heterocycles. The molecule has 3 amide bonds. The Morgan fingerprint density at radius 2 is 1.66 bits per heavy atom. The molecule has 1 saturated heterocycles. The number of anilines is 1. The average molecular weight is 523 g/mol. The van der Waals surface area contributed by atoms with Gasteiger partial charge in [-0.3, -0.25) is 19.6 Å². The number of urea groups is 1. The maximum absolute atomic E-state index is 12.7. The molecule has 5 N–H and O–H groups in total. The minimum absolute atomic E-state index is 0.0778. The van der Waals surface area contributed by atoms with Gasteiger partial charge in [-0.1, -0.05) is 19.1 Å². The van der Waals surface area contributed by atoms with Crippen molar-refractivity contribution in [1.29, 1.82) is 0 Å². The fourth-order valence-electron chi connectivity index (χ4n) is 6.12. The molecule has 0 spiro atoms. The van der Waals surface area contributed by atoms with Gasteiger partial charge in [0.05, 0.1) is 11.2 Å². The zero-order valence-corrected chi connectivity index (χ0v) is 22.4. The van der Waals surface area contributed by atoms with Gasteiger partial charge in [-0.2, -0.15) is 4.98 Å². The highest BCUT2D eigenvalue weighted by Gasteiger charge is 2.67. The van der Waals surface area contributed by atoms with Crippen LogP contribution in [0.5, 0.6) is 0 Å². The Balaban J connectivity index is 1.17. The van der Waals surface area contributed by atoms with Gasteiger partial charge in [0, 0.05) is 50.0 Å². The molecule has 0 radical (unpaired) electrons. The first kappa shape index (κ1) is 26.3. The van der Waals surface area contributed by atoms with Crippen molar-refractivity contribution in [3.63, 3.8) is 0 Å². The molecule has 38 heavy (non-hydrogen) atoms. The van der Waals surface area contributed by atoms with E-state index in [1.807, 2.05) is 24.3 Å². The van der Waals surface area contributed by atoms with Crippen LogP contribution in [-0.4, -0.2) is 85.5 Å². The number of carbonyl (C=O) groups excluding carboxylic acids is 2. The Bertz CT molecular complexity index is 1250. The SMILES string of the molecule is CCN(Cc1ccc(-n2ccc(NC(=O)N3CCN(C(=O)C(C)(C)N)CC3)nc2=O)cc1)C12CC(N)(C1)C2. The summed E-state index contributed by atoms with van der Waals surface area (Å²) in [6.45, 7) is 8.93. The highest BCUT2D eigenvalue weighted by Crippen LogP contribution is 2.62. The summed E-state index contributed by atoms with van der Waals surface area (Å²) in [5.74, 6) is 0.0435. The summed E-state index contributed by atoms with van der Waals surface area (Å²) in [7, 11) is 0. The predicted molar refractivity (Wildman–Crippen MR) is 145 cm³/mol. The zero-order chi connectivity index (χ0) is 27.3. The largest absolute Gasteiger partial charge is 0.354 e. The number of carbonyl (C=O) groups is 2. The van der Waals surface area contributed by atoms with E-state index in [1.165, 1.54) is 10.1 Å². The van der Waals surface area contributed by atoms with Gasteiger partial charge in [-0.15, -0.1) is 0 Å². The van der Waals surface area contributed by atoms with Crippen molar-refractivity contribution >= 4 is 17.8 Å². The number of rotatable bonds is 7. The van der Waals surface area contributed by atoms with Crippen LogP contribution < -0.4 is 22.5 Å². The molecule has 1 aromatic heterocycles. The fraction of sp³-hybridized carbons (Fsp3) is 0.556. The number of hydrogen-bond donors (Lipinski definition) is 3. The molecule has 11 heteroatoms. The van der Waals surface area contributed by atoms with Crippen molar-refractivity contribution in [3.05, 3.63) is 52.6 Å². The van der Waals surface area contributed by atoms with E-state index >= 15 is 0 Å². The van der Waals surface area contributed by atoms with Crippen LogP contribution >= 0.6 is 0 Å². The van der Waals surface area contributed by atoms with Gasteiger partial charge in [0.1, 0.15) is 5.82 Å². The van der Waals surface area contributed by atoms with Crippen LogP contribution in [0.2, 0.25) is 0 Å². The molecule has 4 fully saturated rings. The maximum Gasteiger partial charge on any atom is 0.354 e. The first-order valence-electron chi connectivity index (χ1n) is 13.3. The van der Waals surface area contributed by atoms with E-state index in [-0.39, 0.29) is 28.8 Å². The number of nitrogens with zero attached hydrogens (tertiary/aromatic N) is 5. The van der Waals surface area contributed by atoms with Gasteiger partial charge in [-0.05, 0) is 63.4 Å². The number of hydrogen-bond acceptors (Lipinski definition) is 7. The molecule has 6 rings (SSSR count). The molecule has 2 heterocycles. The van der Waals surface area contributed by atoms with Gasteiger partial charge in [-0.25, -0.2) is 9.59 Å². The van der Waals surface area contributed by atoms with E-state index in [4.69, 9.17) is 11.5 Å². The first-order chi connectivity index (χ1) is 17.9. The molecular formula is C27H38N8O3. The van der Waals surface area contributed by atoms with Gasteiger partial charge >= 0.3 is 11.7 Å². The monoisotopic (exact) mass is 522 g/mol. The standard InChI is InChI=1S/C27H38N8O3/c1-4-34(27-16-26(29,17-27)18-27)15-19-5-7-20(8-6-19)35-10-9-21(31-24(35)38)30-23(37)33-13-11-32(12-14-33)22(36)25(2,3)28/h5-10H,4,11-18,28-29H2,1-3H3,(H,30,31,37,38). The molecule has 2 bridgehead atoms. The number of amides is 3. The lowest BCUT2D eigenvalue weighted by Gasteiger charge is -2.72. The number of nitrogens with one attached hydrogen (secondary N) is 1. The third-order valence-electron chi connectivity index (χ3n) is 8.13. The molecule has 204 valence electrons. The van der Waals surface area contributed by atoms with Crippen molar-refractivity contribution in [2.45, 2.75) is 63.2 Å². The summed E-state index contributed by atoms with van der Waals surface area (Å²) < 4.78 is 1.45. The van der Waals surface area contributed by atoms with Crippen LogP contribution in [0.3, 0.4) is 0 Å². The van der Waals surface area contributed by atoms with E-state index in [1.54, 1.807) is 35.9 Å². The van der Waals surface area contributed by atoms with Gasteiger partial charge < -0.3 is 21.3 Å². The Kier molecular flexibility index (Phi) is 6.57. The molecule has 4 aliphatic rings. The van der Waals surface area contributed by atoms with Crippen LogP contribution in [0.1, 0.15) is 45.6 Å². The summed E-state index contributed by atoms with van der Waals surface area (Å²) in [5.41, 5.74) is 13.0. The van der Waals surface area contributed by atoms with E-state index in [9.17, 15) is 14.4 Å². The van der Waals surface area contributed by atoms with Crippen LogP contribution in [0.15, 0.2) is 41.3 Å². The zero-order valence-electron chi connectivity index (χ0n) is 22.4. The summed E-state index contributed by atoms with van der Waals surface area (Å²) in [6, 6.07) is 9.16. The molecule has 3 saturated carbocycles. The Labute approximate surface area is 222 Å². The van der Waals surface area contributed by atoms with E-state index < -0.39 is 11.2 Å². The Morgan fingerprint density at radius 1 is 1.05 bits per heavy atom. The minimum atomic E-state index is -0.945. The summed E-state index contributed by atoms with van der Waals surface area (Å²) in [5, 5.41) is 2.69. The average Bonchev–Trinajstić information content (AvgIpc) is 2.84. The summed E-state index contributed by atoms with van der Waals surface area (Å²) >= 11 is 0. The summed E-state index contributed by atoms with van der Waals surface area (Å²) in [6.07, 6.45) is 4.86. The number of piperazine rings is 1. The third-order valence-corrected chi connectivity index (χ3v) is 8.13. The number of nitrogens with two attached hydrogens (primary N) is 2. The minimum Gasteiger partial charge on any atom is -0.338 e. The van der Waals surface area contributed by atoms with Crippen LogP contribution in [-0.2, 0) is 11.3 Å². The van der Waals surface area contributed by atoms with Crippen LogP contribution in [0, 0.1) is 0 Å². The normalized spacial score (nSPS) is 24.6. The topological polar surface area (TPSA) is 143 Å². The van der Waals surface area contributed by atoms with Crippen LogP contribution in [0.4, 0.5) is 10.6 Å². The Hall–Kier alpha value is -3.28. The number of aromatic nitrogens is 2. The van der Waals surface area contributed by atoms with Crippen molar-refractivity contribution in [1.82, 2.24) is 24.3 Å². The first-order valence-corrected chi connectivity index (χ1v) is 13.3. The third kappa shape index (κ3) is 4.93. The lowest BCUT2D eigenvalue weighted by molar-refractivity contribution is -0.164. The van der Waals surface area contributed by atoms with Crippen LogP contribution in [0.25, 0.3) is 5.69 Å². The lowest BCUT2D eigenvalue weighted by atomic mass is 9.44. The molecule has 0 unspecified atom stereocenters. The maximum atomic E-state index is 12.7. The quantitative estimate of drug-likeness (QED) is 0.494. The highest BCUT2D eigenvalue weighted by atomic mass is 16.2. The van der Waals surface area contributed by atoms with E-state index in [2.05, 4.69) is 22.1 Å². The molecule has 3 aliphatic carbocycles. The molecule has 2 aromatic rings. The van der Waals surface area contributed by atoms with Crippen molar-refractivity contribution in [2.75, 3.05) is 38.0 Å². The summed E-state index contributed by atoms with van der Waals surface area (Å²) in [4.78, 5) is 47.6. The van der Waals surface area contributed by atoms with Crippen molar-refractivity contribution in [2.24, 2.45) is 11.5 Å². The number of benzene rings is 1. The van der Waals surface area contributed by atoms with Crippen molar-refractivity contribution in [3.8, 4) is 5.69 Å². The molecule has 1 aromatic carbocycles. The molecule has 0 atom stereocenters. The molecular weight excluding hydrogens is 484 g/mol. The second-order valence-corrected chi connectivity index (χ2v) is 11.7. The predicted octanol–water partition coefficient (Wildman–Crippen LogP) is 1.10. The van der Waals surface area contributed by atoms with Crippen molar-refractivity contribution < 1.29 is 9.59 Å². The second-order valence-electron chi connectivity index (χ2n) is 11.7. The van der Waals surface area contributed by atoms with Gasteiger partial charge in [0.25, 0.3) is 0 Å². The van der Waals surface area contributed by atoms with Gasteiger partial charge in [0.15, 0.2) is 0 Å². The van der Waals surface area contributed by atoms with Gasteiger partial charge in [0.2, 0.25) is 5.91 Å². The van der Waals surface area contributed by atoms with E-state index in [0.29, 0.717) is 31.9 Å². The second kappa shape index (κ2) is 9.48. The highest BCUT2D eigenvalue weighted by molar-refractivity contribution is 5.89. The lowest BCUT2D eigenvalue weighted by Crippen LogP contribution is -2.81. The smallest absolute Gasteiger partial charge is 0.338 e.